The van der Waals surface area contributed by atoms with Crippen LogP contribution in [0.5, 0.6) is 5.75 Å². The lowest BCUT2D eigenvalue weighted by molar-refractivity contribution is 0.197. The van der Waals surface area contributed by atoms with E-state index < -0.39 is 0 Å². The van der Waals surface area contributed by atoms with E-state index in [9.17, 15) is 0 Å². The third-order valence-electron chi connectivity index (χ3n) is 3.16. The van der Waals surface area contributed by atoms with Crippen LogP contribution < -0.4 is 15.4 Å². The van der Waals surface area contributed by atoms with Crippen LogP contribution in [0.1, 0.15) is 26.0 Å². The Bertz CT molecular complexity index is 629. The molecule has 0 saturated heterocycles. The van der Waals surface area contributed by atoms with Gasteiger partial charge in [0, 0.05) is 37.7 Å². The molecule has 130 valence electrons. The van der Waals surface area contributed by atoms with Gasteiger partial charge in [-0.3, -0.25) is 0 Å². The van der Waals surface area contributed by atoms with Gasteiger partial charge in [0.2, 0.25) is 5.95 Å². The molecule has 2 aromatic rings. The predicted octanol–water partition coefficient (Wildman–Crippen LogP) is 3.76. The molecule has 2 N–H and O–H groups in total. The molecule has 0 saturated carbocycles. The van der Waals surface area contributed by atoms with Gasteiger partial charge in [0.25, 0.3) is 0 Å². The fraction of sp³-hybridized carbons (Fsp3) is 0.444. The van der Waals surface area contributed by atoms with Gasteiger partial charge in [-0.05, 0) is 51.5 Å². The summed E-state index contributed by atoms with van der Waals surface area (Å²) in [5.74, 6) is 2.23. The first-order valence-electron chi connectivity index (χ1n) is 8.19. The van der Waals surface area contributed by atoms with Crippen LogP contribution in [0.2, 0.25) is 0 Å². The largest absolute Gasteiger partial charge is 0.491 e. The van der Waals surface area contributed by atoms with E-state index in [4.69, 9.17) is 9.47 Å². The van der Waals surface area contributed by atoms with Crippen molar-refractivity contribution >= 4 is 17.5 Å². The van der Waals surface area contributed by atoms with Gasteiger partial charge in [-0.1, -0.05) is 0 Å². The molecule has 6 heteroatoms. The maximum Gasteiger partial charge on any atom is 0.224 e. The molecule has 24 heavy (non-hydrogen) atoms. The Labute approximate surface area is 143 Å². The van der Waals surface area contributed by atoms with E-state index in [0.29, 0.717) is 12.6 Å². The fourth-order valence-corrected chi connectivity index (χ4v) is 2.17. The zero-order valence-electron chi connectivity index (χ0n) is 14.8. The average molecular weight is 330 g/mol. The van der Waals surface area contributed by atoms with Gasteiger partial charge >= 0.3 is 0 Å². The second-order valence-corrected chi connectivity index (χ2v) is 5.81. The molecule has 1 heterocycles. The van der Waals surface area contributed by atoms with E-state index >= 15 is 0 Å². The highest BCUT2D eigenvalue weighted by molar-refractivity contribution is 5.58. The third kappa shape index (κ3) is 6.04. The van der Waals surface area contributed by atoms with Gasteiger partial charge in [-0.25, -0.2) is 4.98 Å². The molecule has 0 atom stereocenters. The van der Waals surface area contributed by atoms with Crippen molar-refractivity contribution in [2.45, 2.75) is 33.3 Å². The SMILES string of the molecule is COCCCNc1nc(C)cc(Nc2ccc(OC(C)C)cc2)n1. The van der Waals surface area contributed by atoms with Crippen molar-refractivity contribution in [3.05, 3.63) is 36.0 Å². The fourth-order valence-electron chi connectivity index (χ4n) is 2.17. The van der Waals surface area contributed by atoms with E-state index in [1.165, 1.54) is 0 Å². The average Bonchev–Trinajstić information content (AvgIpc) is 2.52. The van der Waals surface area contributed by atoms with Gasteiger partial charge in [-0.2, -0.15) is 4.98 Å². The Morgan fingerprint density at radius 2 is 1.88 bits per heavy atom. The number of nitrogens with one attached hydrogen (secondary N) is 2. The van der Waals surface area contributed by atoms with E-state index in [1.54, 1.807) is 7.11 Å². The number of aromatic nitrogens is 2. The standard InChI is InChI=1S/C18H26N4O2/c1-13(2)24-16-8-6-15(7-9-16)21-17-12-14(3)20-18(22-17)19-10-5-11-23-4/h6-9,12-13H,5,10-11H2,1-4H3,(H2,19,20,21,22). The predicted molar refractivity (Wildman–Crippen MR) is 97.2 cm³/mol. The maximum absolute atomic E-state index is 5.65. The van der Waals surface area contributed by atoms with Crippen molar-refractivity contribution in [3.63, 3.8) is 0 Å². The zero-order valence-corrected chi connectivity index (χ0v) is 14.8. The topological polar surface area (TPSA) is 68.3 Å². The number of rotatable bonds is 9. The van der Waals surface area contributed by atoms with Crippen LogP contribution in [-0.4, -0.2) is 36.3 Å². The Morgan fingerprint density at radius 1 is 1.12 bits per heavy atom. The van der Waals surface area contributed by atoms with Crippen LogP contribution in [0.3, 0.4) is 0 Å². The summed E-state index contributed by atoms with van der Waals surface area (Å²) in [6.07, 6.45) is 1.08. The first kappa shape index (κ1) is 18.0. The summed E-state index contributed by atoms with van der Waals surface area (Å²) in [6, 6.07) is 9.75. The van der Waals surface area contributed by atoms with Crippen LogP contribution in [-0.2, 0) is 4.74 Å². The molecular weight excluding hydrogens is 304 g/mol. The van der Waals surface area contributed by atoms with Crippen LogP contribution in [0.4, 0.5) is 17.5 Å². The summed E-state index contributed by atoms with van der Waals surface area (Å²) < 4.78 is 10.7. The van der Waals surface area contributed by atoms with Gasteiger partial charge in [-0.15, -0.1) is 0 Å². The summed E-state index contributed by atoms with van der Waals surface area (Å²) in [5, 5.41) is 6.51. The Balaban J connectivity index is 1.99. The van der Waals surface area contributed by atoms with Crippen molar-refractivity contribution in [1.29, 1.82) is 0 Å². The molecule has 0 aliphatic heterocycles. The van der Waals surface area contributed by atoms with E-state index in [1.807, 2.05) is 51.1 Å². The molecule has 1 aromatic heterocycles. The van der Waals surface area contributed by atoms with Crippen molar-refractivity contribution in [1.82, 2.24) is 9.97 Å². The summed E-state index contributed by atoms with van der Waals surface area (Å²) in [7, 11) is 1.70. The number of ether oxygens (including phenoxy) is 2. The minimum atomic E-state index is 0.167. The molecule has 0 unspecified atom stereocenters. The molecular formula is C18H26N4O2. The molecule has 0 radical (unpaired) electrons. The summed E-state index contributed by atoms with van der Waals surface area (Å²) in [5.41, 5.74) is 1.86. The molecule has 0 aliphatic rings. The van der Waals surface area contributed by atoms with Crippen molar-refractivity contribution in [3.8, 4) is 5.75 Å². The number of hydrogen-bond donors (Lipinski definition) is 2. The normalized spacial score (nSPS) is 10.7. The van der Waals surface area contributed by atoms with E-state index in [2.05, 4.69) is 20.6 Å². The Kier molecular flexibility index (Phi) is 6.81. The Morgan fingerprint density at radius 3 is 2.54 bits per heavy atom. The number of aryl methyl sites for hydroxylation is 1. The van der Waals surface area contributed by atoms with Crippen LogP contribution in [0.25, 0.3) is 0 Å². The number of hydrogen-bond acceptors (Lipinski definition) is 6. The highest BCUT2D eigenvalue weighted by Crippen LogP contribution is 2.20. The summed E-state index contributed by atoms with van der Waals surface area (Å²) in [6.45, 7) is 7.47. The molecule has 2 rings (SSSR count). The van der Waals surface area contributed by atoms with Gasteiger partial charge < -0.3 is 20.1 Å². The highest BCUT2D eigenvalue weighted by atomic mass is 16.5. The third-order valence-corrected chi connectivity index (χ3v) is 3.16. The van der Waals surface area contributed by atoms with Crippen molar-refractivity contribution < 1.29 is 9.47 Å². The van der Waals surface area contributed by atoms with Crippen molar-refractivity contribution in [2.24, 2.45) is 0 Å². The lowest BCUT2D eigenvalue weighted by Crippen LogP contribution is -2.09. The van der Waals surface area contributed by atoms with E-state index in [0.717, 1.165) is 35.9 Å². The molecule has 0 amide bonds. The lowest BCUT2D eigenvalue weighted by Gasteiger charge is -2.12. The molecule has 0 bridgehead atoms. The first-order chi connectivity index (χ1) is 11.6. The first-order valence-corrected chi connectivity index (χ1v) is 8.19. The minimum Gasteiger partial charge on any atom is -0.491 e. The minimum absolute atomic E-state index is 0.167. The Hall–Kier alpha value is -2.34. The smallest absolute Gasteiger partial charge is 0.224 e. The quantitative estimate of drug-likeness (QED) is 0.682. The van der Waals surface area contributed by atoms with Gasteiger partial charge in [0.15, 0.2) is 0 Å². The lowest BCUT2D eigenvalue weighted by atomic mass is 10.3. The van der Waals surface area contributed by atoms with Crippen LogP contribution >= 0.6 is 0 Å². The second kappa shape index (κ2) is 9.08. The molecule has 0 aliphatic carbocycles. The number of methoxy groups -OCH3 is 1. The number of benzene rings is 1. The molecule has 0 spiro atoms. The monoisotopic (exact) mass is 330 g/mol. The molecule has 0 fully saturated rings. The summed E-state index contributed by atoms with van der Waals surface area (Å²) in [4.78, 5) is 8.89. The van der Waals surface area contributed by atoms with Crippen LogP contribution in [0, 0.1) is 6.92 Å². The zero-order chi connectivity index (χ0) is 17.4. The maximum atomic E-state index is 5.65. The highest BCUT2D eigenvalue weighted by Gasteiger charge is 2.04. The van der Waals surface area contributed by atoms with Gasteiger partial charge in [0.05, 0.1) is 6.10 Å². The number of anilines is 3. The molecule has 6 nitrogen and oxygen atoms in total. The summed E-state index contributed by atoms with van der Waals surface area (Å²) >= 11 is 0. The molecule has 1 aromatic carbocycles. The van der Waals surface area contributed by atoms with Gasteiger partial charge in [0.1, 0.15) is 11.6 Å². The number of nitrogens with zero attached hydrogens (tertiary/aromatic N) is 2. The second-order valence-electron chi connectivity index (χ2n) is 5.81. The van der Waals surface area contributed by atoms with Crippen LogP contribution in [0.15, 0.2) is 30.3 Å². The van der Waals surface area contributed by atoms with E-state index in [-0.39, 0.29) is 6.10 Å². The van der Waals surface area contributed by atoms with Crippen molar-refractivity contribution in [2.75, 3.05) is 30.9 Å².